The third kappa shape index (κ3) is 8.93. The number of benzene rings is 1. The van der Waals surface area contributed by atoms with Gasteiger partial charge in [0.1, 0.15) is 12.1 Å². The average Bonchev–Trinajstić information content (AvgIpc) is 2.41. The number of nitrogen functional groups attached to an aromatic ring is 1. The first kappa shape index (κ1) is 19.9. The summed E-state index contributed by atoms with van der Waals surface area (Å²) in [7, 11) is 0. The van der Waals surface area contributed by atoms with Gasteiger partial charge in [0.25, 0.3) is 0 Å². The second-order valence-electron chi connectivity index (χ2n) is 5.46. The van der Waals surface area contributed by atoms with Crippen molar-refractivity contribution in [2.75, 3.05) is 5.73 Å². The van der Waals surface area contributed by atoms with Crippen molar-refractivity contribution in [1.82, 2.24) is 0 Å². The first-order valence-corrected chi connectivity index (χ1v) is 6.94. The van der Waals surface area contributed by atoms with Crippen LogP contribution in [0.1, 0.15) is 25.8 Å². The zero-order valence-corrected chi connectivity index (χ0v) is 12.9. The highest BCUT2D eigenvalue weighted by Crippen LogP contribution is 2.07. The molecule has 0 heterocycles. The predicted molar refractivity (Wildman–Crippen MR) is 85.2 cm³/mol. The van der Waals surface area contributed by atoms with Crippen LogP contribution in [0.25, 0.3) is 0 Å². The first-order valence-electron chi connectivity index (χ1n) is 6.94. The summed E-state index contributed by atoms with van der Waals surface area (Å²) in [5, 5.41) is 16.9. The highest BCUT2D eigenvalue weighted by molar-refractivity contribution is 5.73. The van der Waals surface area contributed by atoms with Crippen molar-refractivity contribution in [3.63, 3.8) is 0 Å². The van der Waals surface area contributed by atoms with Crippen LogP contribution in [-0.4, -0.2) is 34.2 Å². The fourth-order valence-electron chi connectivity index (χ4n) is 1.60. The second-order valence-corrected chi connectivity index (χ2v) is 5.46. The lowest BCUT2D eigenvalue weighted by molar-refractivity contribution is -0.139. The van der Waals surface area contributed by atoms with Crippen molar-refractivity contribution in [3.05, 3.63) is 29.8 Å². The number of anilines is 1. The second kappa shape index (κ2) is 9.75. The largest absolute Gasteiger partial charge is 0.480 e. The van der Waals surface area contributed by atoms with Crippen LogP contribution in [0.15, 0.2) is 24.3 Å². The van der Waals surface area contributed by atoms with E-state index >= 15 is 0 Å². The maximum absolute atomic E-state index is 10.4. The van der Waals surface area contributed by atoms with Gasteiger partial charge in [0, 0.05) is 5.69 Å². The number of nitrogens with two attached hydrogens (primary N) is 3. The molecule has 2 unspecified atom stereocenters. The van der Waals surface area contributed by atoms with E-state index < -0.39 is 24.0 Å². The number of carbonyl (C=O) groups is 2. The Balaban J connectivity index is 0.000000433. The van der Waals surface area contributed by atoms with Gasteiger partial charge in [-0.25, -0.2) is 0 Å². The molecule has 0 aliphatic heterocycles. The molecule has 0 spiro atoms. The normalized spacial score (nSPS) is 13.0. The highest BCUT2D eigenvalue weighted by Gasteiger charge is 2.12. The SMILES string of the molecule is CC(C)CC(N)C(=O)O.Nc1ccc(CC(N)C(=O)O)cc1. The van der Waals surface area contributed by atoms with Crippen LogP contribution in [0.5, 0.6) is 0 Å². The molecule has 0 radical (unpaired) electrons. The van der Waals surface area contributed by atoms with Crippen molar-refractivity contribution in [3.8, 4) is 0 Å². The third-order valence-electron chi connectivity index (χ3n) is 2.80. The van der Waals surface area contributed by atoms with Gasteiger partial charge in [-0.1, -0.05) is 26.0 Å². The number of rotatable bonds is 6. The van der Waals surface area contributed by atoms with Crippen LogP contribution < -0.4 is 17.2 Å². The van der Waals surface area contributed by atoms with Crippen molar-refractivity contribution >= 4 is 17.6 Å². The Hall–Kier alpha value is -2.12. The van der Waals surface area contributed by atoms with Gasteiger partial charge < -0.3 is 27.4 Å². The fourth-order valence-corrected chi connectivity index (χ4v) is 1.60. The molecule has 124 valence electrons. The molecule has 0 fully saturated rings. The summed E-state index contributed by atoms with van der Waals surface area (Å²) in [5.74, 6) is -1.54. The monoisotopic (exact) mass is 311 g/mol. The molecular formula is C15H25N3O4. The lowest BCUT2D eigenvalue weighted by atomic mass is 10.1. The van der Waals surface area contributed by atoms with Crippen LogP contribution >= 0.6 is 0 Å². The molecule has 7 nitrogen and oxygen atoms in total. The topological polar surface area (TPSA) is 153 Å². The summed E-state index contributed by atoms with van der Waals surface area (Å²) >= 11 is 0. The molecule has 0 bridgehead atoms. The molecular weight excluding hydrogens is 286 g/mol. The van der Waals surface area contributed by atoms with E-state index in [-0.39, 0.29) is 0 Å². The van der Waals surface area contributed by atoms with Crippen LogP contribution in [0.2, 0.25) is 0 Å². The number of aliphatic carboxylic acids is 2. The molecule has 7 heteroatoms. The van der Waals surface area contributed by atoms with Crippen LogP contribution in [0.4, 0.5) is 5.69 Å². The maximum Gasteiger partial charge on any atom is 0.320 e. The van der Waals surface area contributed by atoms with Gasteiger partial charge in [0.15, 0.2) is 0 Å². The zero-order valence-electron chi connectivity index (χ0n) is 12.9. The molecule has 8 N–H and O–H groups in total. The summed E-state index contributed by atoms with van der Waals surface area (Å²) in [4.78, 5) is 20.5. The van der Waals surface area contributed by atoms with Gasteiger partial charge in [-0.2, -0.15) is 0 Å². The lowest BCUT2D eigenvalue weighted by Crippen LogP contribution is -2.32. The summed E-state index contributed by atoms with van der Waals surface area (Å²) in [6.07, 6.45) is 0.880. The third-order valence-corrected chi connectivity index (χ3v) is 2.80. The van der Waals surface area contributed by atoms with Gasteiger partial charge in [0.05, 0.1) is 0 Å². The van der Waals surface area contributed by atoms with Gasteiger partial charge in [-0.05, 0) is 36.5 Å². The first-order chi connectivity index (χ1) is 10.1. The lowest BCUT2D eigenvalue weighted by Gasteiger charge is -2.07. The molecule has 22 heavy (non-hydrogen) atoms. The Labute approximate surface area is 130 Å². The van der Waals surface area contributed by atoms with Crippen molar-refractivity contribution in [2.45, 2.75) is 38.8 Å². The van der Waals surface area contributed by atoms with E-state index in [1.54, 1.807) is 24.3 Å². The Morgan fingerprint density at radius 2 is 1.45 bits per heavy atom. The summed E-state index contributed by atoms with van der Waals surface area (Å²) < 4.78 is 0. The maximum atomic E-state index is 10.4. The molecule has 0 aliphatic rings. The van der Waals surface area contributed by atoms with E-state index in [1.807, 2.05) is 13.8 Å². The van der Waals surface area contributed by atoms with Gasteiger partial charge >= 0.3 is 11.9 Å². The van der Waals surface area contributed by atoms with Crippen LogP contribution in [-0.2, 0) is 16.0 Å². The highest BCUT2D eigenvalue weighted by atomic mass is 16.4. The van der Waals surface area contributed by atoms with Crippen molar-refractivity contribution in [2.24, 2.45) is 17.4 Å². The van der Waals surface area contributed by atoms with E-state index in [4.69, 9.17) is 27.4 Å². The minimum absolute atomic E-state index is 0.329. The molecule has 1 aromatic carbocycles. The molecule has 0 amide bonds. The molecule has 2 atom stereocenters. The fraction of sp³-hybridized carbons (Fsp3) is 0.467. The molecule has 0 saturated heterocycles. The zero-order chi connectivity index (χ0) is 17.3. The van der Waals surface area contributed by atoms with E-state index in [9.17, 15) is 9.59 Å². The average molecular weight is 311 g/mol. The van der Waals surface area contributed by atoms with Gasteiger partial charge in [-0.3, -0.25) is 9.59 Å². The van der Waals surface area contributed by atoms with E-state index in [0.717, 1.165) is 5.56 Å². The van der Waals surface area contributed by atoms with Crippen molar-refractivity contribution in [1.29, 1.82) is 0 Å². The molecule has 0 saturated carbocycles. The number of hydrogen-bond donors (Lipinski definition) is 5. The summed E-state index contributed by atoms with van der Waals surface area (Å²) in [5.41, 5.74) is 17.6. The quantitative estimate of drug-likeness (QED) is 0.484. The van der Waals surface area contributed by atoms with Crippen LogP contribution in [0.3, 0.4) is 0 Å². The van der Waals surface area contributed by atoms with Gasteiger partial charge in [0.2, 0.25) is 0 Å². The van der Waals surface area contributed by atoms with E-state index in [1.165, 1.54) is 0 Å². The van der Waals surface area contributed by atoms with Crippen molar-refractivity contribution < 1.29 is 19.8 Å². The van der Waals surface area contributed by atoms with E-state index in [2.05, 4.69) is 0 Å². The predicted octanol–water partition coefficient (Wildman–Crippen LogP) is 0.668. The molecule has 1 rings (SSSR count). The Morgan fingerprint density at radius 3 is 1.77 bits per heavy atom. The number of hydrogen-bond acceptors (Lipinski definition) is 5. The number of carboxylic acid groups (broad SMARTS) is 2. The standard InChI is InChI=1S/C9H12N2O2.C6H13NO2/c10-7-3-1-6(2-4-7)5-8(11)9(12)13;1-4(2)3-5(7)6(8)9/h1-4,8H,5,10-11H2,(H,12,13);4-5H,3,7H2,1-2H3,(H,8,9). The summed E-state index contributed by atoms with van der Waals surface area (Å²) in [6.45, 7) is 3.89. The van der Waals surface area contributed by atoms with E-state index in [0.29, 0.717) is 24.4 Å². The minimum Gasteiger partial charge on any atom is -0.480 e. The molecule has 0 aliphatic carbocycles. The smallest absolute Gasteiger partial charge is 0.320 e. The van der Waals surface area contributed by atoms with Gasteiger partial charge in [-0.15, -0.1) is 0 Å². The number of carboxylic acids is 2. The molecule has 0 aromatic heterocycles. The van der Waals surface area contributed by atoms with Crippen LogP contribution in [0, 0.1) is 5.92 Å². The minimum atomic E-state index is -0.989. The summed E-state index contributed by atoms with van der Waals surface area (Å²) in [6, 6.07) is 5.47. The Bertz CT molecular complexity index is 474. The Kier molecular flexibility index (Phi) is 8.81. The Morgan fingerprint density at radius 1 is 1.00 bits per heavy atom. The molecule has 1 aromatic rings.